The molecule has 24 heavy (non-hydrogen) atoms. The Kier molecular flexibility index (Phi) is 8.76. The smallest absolute Gasteiger partial charge is 0.303 e. The van der Waals surface area contributed by atoms with Crippen LogP contribution in [-0.4, -0.2) is 48.7 Å². The van der Waals surface area contributed by atoms with Crippen LogP contribution < -0.4 is 10.0 Å². The predicted octanol–water partition coefficient (Wildman–Crippen LogP) is 0.677. The number of rotatable bonds is 6. The quantitative estimate of drug-likeness (QED) is 0.418. The molecule has 1 N–H and O–H groups in total. The number of piperidine rings is 3. The number of unbranched alkanes of at least 4 members (excludes halogenated alkanes) is 1. The number of esters is 1. The molecule has 4 rings (SSSR count). The van der Waals surface area contributed by atoms with E-state index < -0.39 is 5.97 Å². The minimum Gasteiger partial charge on any atom is -0.550 e. The predicted molar refractivity (Wildman–Crippen MR) is 95.8 cm³/mol. The molecule has 5 nitrogen and oxygen atoms in total. The molecule has 0 aromatic carbocycles. The van der Waals surface area contributed by atoms with Crippen LogP contribution in [0.5, 0.6) is 0 Å². The fourth-order valence-electron chi connectivity index (χ4n) is 3.63. The maximum Gasteiger partial charge on any atom is 0.303 e. The van der Waals surface area contributed by atoms with Crippen LogP contribution in [0.15, 0.2) is 0 Å². The van der Waals surface area contributed by atoms with Crippen molar-refractivity contribution in [1.82, 2.24) is 0 Å². The van der Waals surface area contributed by atoms with Crippen LogP contribution in [0.2, 0.25) is 0 Å². The molecule has 138 valence electrons. The Bertz CT molecular complexity index is 407. The number of carboxylic acids is 1. The van der Waals surface area contributed by atoms with Gasteiger partial charge in [-0.05, 0) is 25.7 Å². The molecule has 7 heteroatoms. The summed E-state index contributed by atoms with van der Waals surface area (Å²) in [5.74, 6) is 0.888. The van der Waals surface area contributed by atoms with Gasteiger partial charge < -0.3 is 19.5 Å². The van der Waals surface area contributed by atoms with Gasteiger partial charge in [0.2, 0.25) is 0 Å². The van der Waals surface area contributed by atoms with Crippen LogP contribution in [0, 0.1) is 5.92 Å². The molecule has 0 saturated carbocycles. The Hall–Kier alpha value is -0.400. The molecule has 0 amide bonds. The lowest BCUT2D eigenvalue weighted by molar-refractivity contribution is -0.920. The number of hydrogen-bond donors (Lipinski definition) is 1. The van der Waals surface area contributed by atoms with Gasteiger partial charge >= 0.3 is 5.97 Å². The number of carbonyl (C=O) groups excluding carboxylic acids is 2. The molecule has 1 unspecified atom stereocenters. The lowest BCUT2D eigenvalue weighted by Crippen LogP contribution is -3.16. The van der Waals surface area contributed by atoms with E-state index in [0.29, 0.717) is 5.92 Å². The third kappa shape index (κ3) is 7.23. The summed E-state index contributed by atoms with van der Waals surface area (Å²) in [6, 6.07) is 0. The third-order valence-electron chi connectivity index (χ3n) is 4.95. The van der Waals surface area contributed by atoms with Gasteiger partial charge in [0.15, 0.2) is 6.10 Å². The number of hydrogen-bond acceptors (Lipinski definition) is 6. The van der Waals surface area contributed by atoms with E-state index in [9.17, 15) is 14.7 Å². The van der Waals surface area contributed by atoms with Crippen molar-refractivity contribution in [3.8, 4) is 0 Å². The molecular weight excluding hydrogens is 346 g/mol. The van der Waals surface area contributed by atoms with Gasteiger partial charge in [0.25, 0.3) is 0 Å². The van der Waals surface area contributed by atoms with Gasteiger partial charge in [-0.3, -0.25) is 4.79 Å². The van der Waals surface area contributed by atoms with Crippen LogP contribution in [0.1, 0.15) is 51.9 Å². The number of quaternary nitrogens is 1. The lowest BCUT2D eigenvalue weighted by Gasteiger charge is -2.40. The summed E-state index contributed by atoms with van der Waals surface area (Å²) in [5.41, 5.74) is 0. The molecular formula is C17H29NO4S2. The standard InChI is InChI=1S/C9H15NO2.C8H14O2S2/c1-7(11)12-9-6-10-4-2-8(9)3-5-10;9-8(10)4-2-1-3-7-5-6-11-12-7/h8-9H,2-6H2,1H3;7H,1-6H2,(H,9,10)/t;7-/m.1/s1. The second kappa shape index (κ2) is 10.6. The van der Waals surface area contributed by atoms with Crippen LogP contribution in [-0.2, 0) is 14.3 Å². The van der Waals surface area contributed by atoms with Crippen molar-refractivity contribution in [2.45, 2.75) is 63.2 Å². The largest absolute Gasteiger partial charge is 0.550 e. The van der Waals surface area contributed by atoms with Gasteiger partial charge in [-0.15, -0.1) is 0 Å². The first kappa shape index (κ1) is 19.9. The number of nitrogens with one attached hydrogen (secondary N) is 1. The summed E-state index contributed by atoms with van der Waals surface area (Å²) in [7, 11) is 3.89. The maximum absolute atomic E-state index is 10.8. The van der Waals surface area contributed by atoms with E-state index in [1.54, 1.807) is 4.90 Å². The molecule has 0 aliphatic carbocycles. The number of carboxylic acid groups (broad SMARTS) is 1. The number of aliphatic carboxylic acids is 1. The van der Waals surface area contributed by atoms with Gasteiger partial charge in [-0.2, -0.15) is 0 Å². The highest BCUT2D eigenvalue weighted by Crippen LogP contribution is 2.39. The zero-order valence-corrected chi connectivity index (χ0v) is 16.1. The van der Waals surface area contributed by atoms with E-state index in [1.807, 2.05) is 21.6 Å². The van der Waals surface area contributed by atoms with Gasteiger partial charge in [-0.1, -0.05) is 28.0 Å². The van der Waals surface area contributed by atoms with Crippen molar-refractivity contribution >= 4 is 33.5 Å². The van der Waals surface area contributed by atoms with Crippen LogP contribution >= 0.6 is 21.6 Å². The highest BCUT2D eigenvalue weighted by Gasteiger charge is 2.39. The first-order valence-electron chi connectivity index (χ1n) is 9.03. The minimum atomic E-state index is -0.913. The first-order chi connectivity index (χ1) is 11.5. The molecule has 4 saturated heterocycles. The summed E-state index contributed by atoms with van der Waals surface area (Å²) in [6.07, 6.45) is 7.22. The minimum absolute atomic E-state index is 0.117. The van der Waals surface area contributed by atoms with Crippen LogP contribution in [0.3, 0.4) is 0 Å². The lowest BCUT2D eigenvalue weighted by atomic mass is 9.86. The molecule has 0 aromatic rings. The Balaban J connectivity index is 0.000000174. The Morgan fingerprint density at radius 3 is 2.46 bits per heavy atom. The van der Waals surface area contributed by atoms with Gasteiger partial charge in [-0.25, -0.2) is 0 Å². The zero-order valence-electron chi connectivity index (χ0n) is 14.5. The van der Waals surface area contributed by atoms with E-state index in [-0.39, 0.29) is 18.5 Å². The fourth-order valence-corrected chi connectivity index (χ4v) is 6.66. The van der Waals surface area contributed by atoms with E-state index in [0.717, 1.165) is 24.6 Å². The number of carbonyl (C=O) groups is 2. The van der Waals surface area contributed by atoms with E-state index >= 15 is 0 Å². The monoisotopic (exact) mass is 375 g/mol. The topological polar surface area (TPSA) is 70.9 Å². The molecule has 4 heterocycles. The maximum atomic E-state index is 10.8. The van der Waals surface area contributed by atoms with Crippen molar-refractivity contribution in [1.29, 1.82) is 0 Å². The van der Waals surface area contributed by atoms with Crippen LogP contribution in [0.4, 0.5) is 0 Å². The van der Waals surface area contributed by atoms with Crippen molar-refractivity contribution in [2.24, 2.45) is 5.92 Å². The summed E-state index contributed by atoms with van der Waals surface area (Å²) >= 11 is 0. The number of fused-ring (bicyclic) bond motifs is 3. The summed E-state index contributed by atoms with van der Waals surface area (Å²) < 4.78 is 5.27. The normalized spacial score (nSPS) is 31.2. The highest BCUT2D eigenvalue weighted by molar-refractivity contribution is 8.77. The zero-order chi connectivity index (χ0) is 17.4. The molecule has 4 aliphatic rings. The van der Waals surface area contributed by atoms with Gasteiger partial charge in [0, 0.05) is 42.7 Å². The van der Waals surface area contributed by atoms with Crippen molar-refractivity contribution in [3.05, 3.63) is 0 Å². The summed E-state index contributed by atoms with van der Waals surface area (Å²) in [5, 5.41) is 10.8. The molecule has 0 radical (unpaired) electrons. The van der Waals surface area contributed by atoms with Gasteiger partial charge in [0.05, 0.1) is 13.1 Å². The van der Waals surface area contributed by atoms with Crippen LogP contribution in [0.25, 0.3) is 0 Å². The molecule has 0 spiro atoms. The Morgan fingerprint density at radius 1 is 1.21 bits per heavy atom. The first-order valence-corrected chi connectivity index (χ1v) is 11.4. The third-order valence-corrected chi connectivity index (χ3v) is 7.96. The molecule has 4 fully saturated rings. The van der Waals surface area contributed by atoms with Crippen molar-refractivity contribution in [3.63, 3.8) is 0 Å². The second-order valence-corrected chi connectivity index (χ2v) is 9.67. The molecule has 2 atom stereocenters. The van der Waals surface area contributed by atoms with E-state index in [1.165, 1.54) is 51.4 Å². The summed E-state index contributed by atoms with van der Waals surface area (Å²) in [6.45, 7) is 5.11. The second-order valence-electron chi connectivity index (χ2n) is 6.89. The highest BCUT2D eigenvalue weighted by atomic mass is 33.1. The SMILES string of the molecule is CC(=O)OC1C[NH+]2CCC1CC2.O=C([O-])CCCC[C@@H]1CCSS1. The van der Waals surface area contributed by atoms with E-state index in [2.05, 4.69) is 0 Å². The molecule has 0 aromatic heterocycles. The fraction of sp³-hybridized carbons (Fsp3) is 0.882. The van der Waals surface area contributed by atoms with Crippen molar-refractivity contribution < 1.29 is 24.3 Å². The Labute approximate surface area is 152 Å². The average Bonchev–Trinajstić information content (AvgIpc) is 3.06. The Morgan fingerprint density at radius 2 is 1.96 bits per heavy atom. The average molecular weight is 376 g/mol. The number of ether oxygens (including phenoxy) is 1. The van der Waals surface area contributed by atoms with Gasteiger partial charge in [0.1, 0.15) is 6.54 Å². The van der Waals surface area contributed by atoms with Crippen molar-refractivity contribution in [2.75, 3.05) is 25.4 Å². The summed E-state index contributed by atoms with van der Waals surface area (Å²) in [4.78, 5) is 22.4. The molecule has 2 bridgehead atoms. The molecule has 4 aliphatic heterocycles. The van der Waals surface area contributed by atoms with E-state index in [4.69, 9.17) is 4.74 Å².